The van der Waals surface area contributed by atoms with Crippen LogP contribution in [-0.2, 0) is 0 Å². The fourth-order valence-electron chi connectivity index (χ4n) is 3.46. The van der Waals surface area contributed by atoms with E-state index >= 15 is 0 Å². The molecule has 0 spiro atoms. The van der Waals surface area contributed by atoms with Crippen molar-refractivity contribution in [2.45, 2.75) is 57.0 Å². The van der Waals surface area contributed by atoms with Gasteiger partial charge < -0.3 is 5.73 Å². The first-order valence-electron chi connectivity index (χ1n) is 7.77. The summed E-state index contributed by atoms with van der Waals surface area (Å²) in [4.78, 5) is 2.50. The van der Waals surface area contributed by atoms with Crippen LogP contribution in [0.2, 0.25) is 5.02 Å². The zero-order valence-corrected chi connectivity index (χ0v) is 13.5. The Bertz CT molecular complexity index is 408. The van der Waals surface area contributed by atoms with Gasteiger partial charge in [-0.2, -0.15) is 0 Å². The minimum absolute atomic E-state index is 0.162. The van der Waals surface area contributed by atoms with Crippen molar-refractivity contribution in [2.75, 3.05) is 13.6 Å². The molecular weight excluding hydrogens is 268 g/mol. The monoisotopic (exact) mass is 294 g/mol. The van der Waals surface area contributed by atoms with Gasteiger partial charge in [0.15, 0.2) is 0 Å². The van der Waals surface area contributed by atoms with Crippen LogP contribution in [0.4, 0.5) is 0 Å². The second kappa shape index (κ2) is 6.93. The van der Waals surface area contributed by atoms with Crippen LogP contribution in [0.25, 0.3) is 0 Å². The Hall–Kier alpha value is -0.570. The van der Waals surface area contributed by atoms with Crippen LogP contribution in [0.15, 0.2) is 24.3 Å². The highest BCUT2D eigenvalue weighted by atomic mass is 35.5. The molecule has 0 aromatic heterocycles. The van der Waals surface area contributed by atoms with Gasteiger partial charge in [0.05, 0.1) is 0 Å². The summed E-state index contributed by atoms with van der Waals surface area (Å²) in [5.41, 5.74) is 7.66. The second-order valence-electron chi connectivity index (χ2n) is 6.18. The lowest BCUT2D eigenvalue weighted by Gasteiger charge is -2.44. The molecule has 1 aliphatic rings. The van der Waals surface area contributed by atoms with E-state index in [0.717, 1.165) is 11.6 Å². The molecule has 0 amide bonds. The normalized spacial score (nSPS) is 20.6. The van der Waals surface area contributed by atoms with Crippen molar-refractivity contribution >= 4 is 11.6 Å². The number of benzene rings is 1. The average molecular weight is 295 g/mol. The third-order valence-electron chi connectivity index (χ3n) is 5.10. The van der Waals surface area contributed by atoms with E-state index in [4.69, 9.17) is 17.3 Å². The molecule has 1 aromatic carbocycles. The molecule has 3 heteroatoms. The molecule has 1 fully saturated rings. The maximum absolute atomic E-state index is 6.19. The summed E-state index contributed by atoms with van der Waals surface area (Å²) in [6.45, 7) is 3.02. The van der Waals surface area contributed by atoms with E-state index in [0.29, 0.717) is 6.04 Å². The quantitative estimate of drug-likeness (QED) is 0.835. The Labute approximate surface area is 128 Å². The molecule has 0 saturated heterocycles. The van der Waals surface area contributed by atoms with Gasteiger partial charge in [0, 0.05) is 23.1 Å². The lowest BCUT2D eigenvalue weighted by atomic mass is 9.86. The van der Waals surface area contributed by atoms with Crippen molar-refractivity contribution in [1.82, 2.24) is 4.90 Å². The molecule has 0 radical (unpaired) electrons. The minimum atomic E-state index is 0.162. The Balaban J connectivity index is 2.18. The van der Waals surface area contributed by atoms with Gasteiger partial charge in [-0.25, -0.2) is 0 Å². The number of hydrogen-bond donors (Lipinski definition) is 1. The van der Waals surface area contributed by atoms with E-state index < -0.39 is 0 Å². The first-order chi connectivity index (χ1) is 9.59. The van der Waals surface area contributed by atoms with E-state index in [1.807, 2.05) is 12.1 Å². The molecule has 2 N–H and O–H groups in total. The van der Waals surface area contributed by atoms with Crippen LogP contribution in [0.5, 0.6) is 0 Å². The van der Waals surface area contributed by atoms with Crippen LogP contribution in [0.3, 0.4) is 0 Å². The van der Waals surface area contributed by atoms with Gasteiger partial charge in [-0.3, -0.25) is 4.90 Å². The first kappa shape index (κ1) is 15.8. The highest BCUT2D eigenvalue weighted by molar-refractivity contribution is 6.30. The Morgan fingerprint density at radius 1 is 1.15 bits per heavy atom. The Morgan fingerprint density at radius 3 is 2.20 bits per heavy atom. The van der Waals surface area contributed by atoms with Crippen LogP contribution < -0.4 is 5.73 Å². The first-order valence-corrected chi connectivity index (χ1v) is 8.15. The van der Waals surface area contributed by atoms with Crippen LogP contribution in [-0.4, -0.2) is 24.0 Å². The molecule has 0 heterocycles. The predicted molar refractivity (Wildman–Crippen MR) is 87.1 cm³/mol. The van der Waals surface area contributed by atoms with Crippen molar-refractivity contribution in [3.63, 3.8) is 0 Å². The summed E-state index contributed by atoms with van der Waals surface area (Å²) < 4.78 is 0. The number of halogens is 1. The molecule has 2 nitrogen and oxygen atoms in total. The zero-order valence-electron chi connectivity index (χ0n) is 12.7. The molecule has 112 valence electrons. The summed E-state index contributed by atoms with van der Waals surface area (Å²) in [5.74, 6) is 0. The Kier molecular flexibility index (Phi) is 5.48. The molecule has 1 aromatic rings. The smallest absolute Gasteiger partial charge is 0.0406 e. The molecule has 20 heavy (non-hydrogen) atoms. The summed E-state index contributed by atoms with van der Waals surface area (Å²) >= 11 is 5.99. The lowest BCUT2D eigenvalue weighted by Crippen LogP contribution is -2.52. The molecule has 0 bridgehead atoms. The third kappa shape index (κ3) is 3.36. The number of rotatable bonds is 4. The largest absolute Gasteiger partial charge is 0.329 e. The second-order valence-corrected chi connectivity index (χ2v) is 6.62. The van der Waals surface area contributed by atoms with Gasteiger partial charge in [-0.05, 0) is 44.5 Å². The van der Waals surface area contributed by atoms with Crippen molar-refractivity contribution in [2.24, 2.45) is 5.73 Å². The van der Waals surface area contributed by atoms with Crippen molar-refractivity contribution in [3.8, 4) is 0 Å². The molecule has 1 saturated carbocycles. The third-order valence-corrected chi connectivity index (χ3v) is 5.35. The number of nitrogens with zero attached hydrogens (tertiary/aromatic N) is 1. The summed E-state index contributed by atoms with van der Waals surface area (Å²) in [7, 11) is 2.23. The maximum Gasteiger partial charge on any atom is 0.0406 e. The van der Waals surface area contributed by atoms with Gasteiger partial charge in [0.1, 0.15) is 0 Å². The number of hydrogen-bond acceptors (Lipinski definition) is 2. The topological polar surface area (TPSA) is 29.3 Å². The van der Waals surface area contributed by atoms with Gasteiger partial charge in [0.2, 0.25) is 0 Å². The summed E-state index contributed by atoms with van der Waals surface area (Å²) in [6.07, 6.45) is 7.75. The summed E-state index contributed by atoms with van der Waals surface area (Å²) in [5, 5.41) is 0.798. The molecular formula is C17H27ClN2. The van der Waals surface area contributed by atoms with Crippen LogP contribution in [0.1, 0.15) is 57.1 Å². The molecule has 1 aliphatic carbocycles. The fourth-order valence-corrected chi connectivity index (χ4v) is 3.59. The molecule has 0 aliphatic heterocycles. The van der Waals surface area contributed by atoms with E-state index in [1.54, 1.807) is 0 Å². The van der Waals surface area contributed by atoms with Gasteiger partial charge in [-0.1, -0.05) is 49.4 Å². The summed E-state index contributed by atoms with van der Waals surface area (Å²) in [6, 6.07) is 8.58. The fraction of sp³-hybridized carbons (Fsp3) is 0.647. The minimum Gasteiger partial charge on any atom is -0.329 e. The maximum atomic E-state index is 6.19. The zero-order chi connectivity index (χ0) is 14.6. The number of nitrogens with two attached hydrogens (primary N) is 1. The van der Waals surface area contributed by atoms with Gasteiger partial charge in [0.25, 0.3) is 0 Å². The van der Waals surface area contributed by atoms with Crippen molar-refractivity contribution in [1.29, 1.82) is 0 Å². The molecule has 1 unspecified atom stereocenters. The standard InChI is InChI=1S/C17H27ClN2/c1-14(15-7-9-16(18)10-8-15)20(2)17(13-19)11-5-3-4-6-12-17/h7-10,14H,3-6,11-13,19H2,1-2H3. The Morgan fingerprint density at radius 2 is 1.70 bits per heavy atom. The van der Waals surface area contributed by atoms with Gasteiger partial charge >= 0.3 is 0 Å². The van der Waals surface area contributed by atoms with E-state index in [1.165, 1.54) is 44.1 Å². The lowest BCUT2D eigenvalue weighted by molar-refractivity contribution is 0.0691. The van der Waals surface area contributed by atoms with E-state index in [9.17, 15) is 0 Å². The molecule has 1 atom stereocenters. The highest BCUT2D eigenvalue weighted by Crippen LogP contribution is 2.36. The predicted octanol–water partition coefficient (Wildman–Crippen LogP) is 4.38. The average Bonchev–Trinajstić information content (AvgIpc) is 2.73. The van der Waals surface area contributed by atoms with Gasteiger partial charge in [-0.15, -0.1) is 0 Å². The van der Waals surface area contributed by atoms with Crippen molar-refractivity contribution in [3.05, 3.63) is 34.9 Å². The number of likely N-dealkylation sites (N-methyl/N-ethyl adjacent to an activating group) is 1. The van der Waals surface area contributed by atoms with Crippen LogP contribution in [0, 0.1) is 0 Å². The van der Waals surface area contributed by atoms with E-state index in [-0.39, 0.29) is 5.54 Å². The SMILES string of the molecule is CC(c1ccc(Cl)cc1)N(C)C1(CN)CCCCCC1. The van der Waals surface area contributed by atoms with Crippen molar-refractivity contribution < 1.29 is 0 Å². The van der Waals surface area contributed by atoms with E-state index in [2.05, 4.69) is 31.0 Å². The highest BCUT2D eigenvalue weighted by Gasteiger charge is 2.36. The van der Waals surface area contributed by atoms with Crippen LogP contribution >= 0.6 is 11.6 Å². The molecule has 2 rings (SSSR count).